The number of carbonyl (C=O) groups is 1. The lowest BCUT2D eigenvalue weighted by molar-refractivity contribution is -0.135. The molecule has 1 aliphatic heterocycles. The molecular formula is C17H29IN6O3S. The zero-order valence-corrected chi connectivity index (χ0v) is 19.6. The quantitative estimate of drug-likeness (QED) is 0.241. The van der Waals surface area contributed by atoms with Crippen LogP contribution in [0.25, 0.3) is 0 Å². The van der Waals surface area contributed by atoms with Crippen LogP contribution in [0.3, 0.4) is 0 Å². The van der Waals surface area contributed by atoms with Gasteiger partial charge in [0.15, 0.2) is 5.96 Å². The van der Waals surface area contributed by atoms with Gasteiger partial charge in [0.1, 0.15) is 4.90 Å². The molecular weight excluding hydrogens is 495 g/mol. The predicted molar refractivity (Wildman–Crippen MR) is 119 cm³/mol. The second kappa shape index (κ2) is 11.5. The molecule has 28 heavy (non-hydrogen) atoms. The van der Waals surface area contributed by atoms with Gasteiger partial charge in [-0.05, 0) is 12.1 Å². The van der Waals surface area contributed by atoms with E-state index in [0.717, 1.165) is 0 Å². The third kappa shape index (κ3) is 6.85. The number of nitrogens with zero attached hydrogens (tertiary/aromatic N) is 4. The van der Waals surface area contributed by atoms with Crippen molar-refractivity contribution in [3.63, 3.8) is 0 Å². The standard InChI is InChI=1S/C17H28N6O3S.HI/c1-14(2)16(24)22-9-11-23(12-10-22)17(18-3)20-7-8-21-27(25,26)15-5-4-6-19-13-15;/h4-6,13-14,21H,7-12H2,1-3H3,(H,18,20);1H. The van der Waals surface area contributed by atoms with Crippen molar-refractivity contribution in [3.05, 3.63) is 24.5 Å². The van der Waals surface area contributed by atoms with Crippen LogP contribution in [-0.2, 0) is 14.8 Å². The summed E-state index contributed by atoms with van der Waals surface area (Å²) in [4.78, 5) is 24.2. The van der Waals surface area contributed by atoms with Crippen LogP contribution in [0.15, 0.2) is 34.4 Å². The van der Waals surface area contributed by atoms with E-state index in [1.54, 1.807) is 13.1 Å². The number of amides is 1. The second-order valence-electron chi connectivity index (χ2n) is 6.53. The maximum Gasteiger partial charge on any atom is 0.242 e. The van der Waals surface area contributed by atoms with Crippen LogP contribution in [-0.4, -0.2) is 81.4 Å². The van der Waals surface area contributed by atoms with Crippen molar-refractivity contribution < 1.29 is 13.2 Å². The Hall–Kier alpha value is -1.47. The van der Waals surface area contributed by atoms with E-state index in [2.05, 4.69) is 24.9 Å². The molecule has 11 heteroatoms. The average Bonchev–Trinajstić information content (AvgIpc) is 2.68. The first-order valence-corrected chi connectivity index (χ1v) is 10.5. The first-order valence-electron chi connectivity index (χ1n) is 8.99. The van der Waals surface area contributed by atoms with Crippen LogP contribution >= 0.6 is 24.0 Å². The number of aliphatic imine (C=N–C) groups is 1. The summed E-state index contributed by atoms with van der Waals surface area (Å²) in [6.45, 7) is 7.14. The topological polar surface area (TPSA) is 107 Å². The fourth-order valence-electron chi connectivity index (χ4n) is 2.79. The molecule has 0 radical (unpaired) electrons. The summed E-state index contributed by atoms with van der Waals surface area (Å²) < 4.78 is 26.8. The van der Waals surface area contributed by atoms with E-state index in [0.29, 0.717) is 38.7 Å². The average molecular weight is 524 g/mol. The van der Waals surface area contributed by atoms with Crippen molar-refractivity contribution in [3.8, 4) is 0 Å². The number of carbonyl (C=O) groups excluding carboxylic acids is 1. The highest BCUT2D eigenvalue weighted by Crippen LogP contribution is 2.07. The maximum absolute atomic E-state index is 12.1. The van der Waals surface area contributed by atoms with Crippen molar-refractivity contribution in [1.29, 1.82) is 0 Å². The largest absolute Gasteiger partial charge is 0.355 e. The molecule has 0 aliphatic carbocycles. The van der Waals surface area contributed by atoms with Gasteiger partial charge < -0.3 is 15.1 Å². The molecule has 0 aromatic carbocycles. The molecule has 9 nitrogen and oxygen atoms in total. The molecule has 2 rings (SSSR count). The molecule has 0 unspecified atom stereocenters. The molecule has 1 aromatic heterocycles. The van der Waals surface area contributed by atoms with Crippen LogP contribution in [0.2, 0.25) is 0 Å². The summed E-state index contributed by atoms with van der Waals surface area (Å²) >= 11 is 0. The molecule has 0 spiro atoms. The SMILES string of the molecule is CN=C(NCCNS(=O)(=O)c1cccnc1)N1CCN(C(=O)C(C)C)CC1.I. The number of piperazine rings is 1. The van der Waals surface area contributed by atoms with Crippen LogP contribution in [0.1, 0.15) is 13.8 Å². The molecule has 1 amide bonds. The summed E-state index contributed by atoms with van der Waals surface area (Å²) in [5, 5.41) is 3.16. The fourth-order valence-corrected chi connectivity index (χ4v) is 3.78. The van der Waals surface area contributed by atoms with Crippen LogP contribution < -0.4 is 10.0 Å². The van der Waals surface area contributed by atoms with Crippen LogP contribution in [0.4, 0.5) is 0 Å². The predicted octanol–water partition coefficient (Wildman–Crippen LogP) is 0.354. The fraction of sp³-hybridized carbons (Fsp3) is 0.588. The smallest absolute Gasteiger partial charge is 0.242 e. The zero-order chi connectivity index (χ0) is 19.9. The lowest BCUT2D eigenvalue weighted by atomic mass is 10.1. The Morgan fingerprint density at radius 2 is 1.86 bits per heavy atom. The highest BCUT2D eigenvalue weighted by Gasteiger charge is 2.24. The Morgan fingerprint density at radius 3 is 2.39 bits per heavy atom. The van der Waals surface area contributed by atoms with Gasteiger partial charge in [0.05, 0.1) is 0 Å². The van der Waals surface area contributed by atoms with E-state index in [9.17, 15) is 13.2 Å². The maximum atomic E-state index is 12.1. The van der Waals surface area contributed by atoms with Crippen LogP contribution in [0.5, 0.6) is 0 Å². The molecule has 0 saturated carbocycles. The molecule has 2 N–H and O–H groups in total. The number of aromatic nitrogens is 1. The third-order valence-electron chi connectivity index (χ3n) is 4.24. The Labute approximate surface area is 184 Å². The van der Waals surface area contributed by atoms with Crippen molar-refractivity contribution >= 4 is 45.9 Å². The highest BCUT2D eigenvalue weighted by molar-refractivity contribution is 14.0. The lowest BCUT2D eigenvalue weighted by Gasteiger charge is -2.37. The number of hydrogen-bond donors (Lipinski definition) is 2. The number of guanidine groups is 1. The van der Waals surface area contributed by atoms with Crippen molar-refractivity contribution in [1.82, 2.24) is 24.8 Å². The number of pyridine rings is 1. The van der Waals surface area contributed by atoms with Crippen molar-refractivity contribution in [2.24, 2.45) is 10.9 Å². The summed E-state index contributed by atoms with van der Waals surface area (Å²) in [5.74, 6) is 0.872. The van der Waals surface area contributed by atoms with E-state index < -0.39 is 10.0 Å². The van der Waals surface area contributed by atoms with Gasteiger partial charge in [-0.3, -0.25) is 14.8 Å². The van der Waals surface area contributed by atoms with E-state index >= 15 is 0 Å². The molecule has 0 atom stereocenters. The molecule has 0 bridgehead atoms. The second-order valence-corrected chi connectivity index (χ2v) is 8.29. The molecule has 1 aliphatic rings. The zero-order valence-electron chi connectivity index (χ0n) is 16.5. The number of hydrogen-bond acceptors (Lipinski definition) is 5. The van der Waals surface area contributed by atoms with Gasteiger partial charge in [-0.15, -0.1) is 24.0 Å². The number of rotatable bonds is 6. The summed E-state index contributed by atoms with van der Waals surface area (Å²) in [5.41, 5.74) is 0. The van der Waals surface area contributed by atoms with E-state index in [1.165, 1.54) is 18.5 Å². The van der Waals surface area contributed by atoms with Crippen molar-refractivity contribution in [2.75, 3.05) is 46.3 Å². The minimum Gasteiger partial charge on any atom is -0.355 e. The van der Waals surface area contributed by atoms with Gasteiger partial charge in [0.25, 0.3) is 0 Å². The highest BCUT2D eigenvalue weighted by atomic mass is 127. The number of sulfonamides is 1. The molecule has 158 valence electrons. The number of halogens is 1. The van der Waals surface area contributed by atoms with Gasteiger partial charge in [0.2, 0.25) is 15.9 Å². The van der Waals surface area contributed by atoms with E-state index in [-0.39, 0.29) is 47.2 Å². The van der Waals surface area contributed by atoms with Gasteiger partial charge in [-0.25, -0.2) is 13.1 Å². The lowest BCUT2D eigenvalue weighted by Crippen LogP contribution is -2.55. The Bertz CT molecular complexity index is 749. The van der Waals surface area contributed by atoms with Gasteiger partial charge in [0, 0.05) is 64.6 Å². The normalized spacial score (nSPS) is 15.4. The number of nitrogens with one attached hydrogen (secondary N) is 2. The molecule has 1 aromatic rings. The Morgan fingerprint density at radius 1 is 1.21 bits per heavy atom. The summed E-state index contributed by atoms with van der Waals surface area (Å²) in [7, 11) is -1.88. The first-order chi connectivity index (χ1) is 12.8. The van der Waals surface area contributed by atoms with Crippen molar-refractivity contribution in [2.45, 2.75) is 18.7 Å². The summed E-state index contributed by atoms with van der Waals surface area (Å²) in [6.07, 6.45) is 2.84. The monoisotopic (exact) mass is 524 g/mol. The molecule has 2 heterocycles. The van der Waals surface area contributed by atoms with E-state index in [4.69, 9.17) is 0 Å². The molecule has 1 saturated heterocycles. The Kier molecular flexibility index (Phi) is 10.1. The molecule has 1 fully saturated rings. The van der Waals surface area contributed by atoms with E-state index in [1.807, 2.05) is 18.7 Å². The third-order valence-corrected chi connectivity index (χ3v) is 5.69. The van der Waals surface area contributed by atoms with Gasteiger partial charge in [-0.1, -0.05) is 13.8 Å². The summed E-state index contributed by atoms with van der Waals surface area (Å²) in [6, 6.07) is 3.08. The van der Waals surface area contributed by atoms with Gasteiger partial charge >= 0.3 is 0 Å². The minimum atomic E-state index is -3.56. The van der Waals surface area contributed by atoms with Crippen LogP contribution in [0, 0.1) is 5.92 Å². The Balaban J connectivity index is 0.00000392. The first kappa shape index (κ1) is 24.6. The minimum absolute atomic E-state index is 0. The van der Waals surface area contributed by atoms with Gasteiger partial charge in [-0.2, -0.15) is 0 Å².